The first-order valence-electron chi connectivity index (χ1n) is 6.53. The second-order valence-electron chi connectivity index (χ2n) is 4.68. The van der Waals surface area contributed by atoms with E-state index < -0.39 is 0 Å². The van der Waals surface area contributed by atoms with Gasteiger partial charge >= 0.3 is 0 Å². The number of amides is 1. The van der Waals surface area contributed by atoms with Gasteiger partial charge in [0.2, 0.25) is 0 Å². The Morgan fingerprint density at radius 1 is 1.40 bits per heavy atom. The predicted molar refractivity (Wildman–Crippen MR) is 87.8 cm³/mol. The molecule has 1 aliphatic heterocycles. The van der Waals surface area contributed by atoms with E-state index in [1.807, 2.05) is 11.0 Å². The summed E-state index contributed by atoms with van der Waals surface area (Å²) in [5, 5.41) is 1.34. The first-order valence-corrected chi connectivity index (χ1v) is 8.83. The van der Waals surface area contributed by atoms with Gasteiger partial charge in [-0.3, -0.25) is 4.79 Å². The van der Waals surface area contributed by atoms with Gasteiger partial charge in [0.1, 0.15) is 0 Å². The average Bonchev–Trinajstić information content (AvgIpc) is 2.45. The molecule has 1 heterocycles. The van der Waals surface area contributed by atoms with Crippen molar-refractivity contribution in [3.05, 3.63) is 33.3 Å². The van der Waals surface area contributed by atoms with Crippen LogP contribution in [-0.2, 0) is 4.74 Å². The summed E-state index contributed by atoms with van der Waals surface area (Å²) in [6.07, 6.45) is 2.02. The summed E-state index contributed by atoms with van der Waals surface area (Å²) in [4.78, 5) is 14.3. The number of alkyl halides is 1. The van der Waals surface area contributed by atoms with E-state index in [2.05, 4.69) is 31.9 Å². The maximum Gasteiger partial charge on any atom is 0.255 e. The van der Waals surface area contributed by atoms with Crippen molar-refractivity contribution in [2.45, 2.75) is 18.9 Å². The van der Waals surface area contributed by atoms with Gasteiger partial charge in [-0.25, -0.2) is 0 Å². The number of nitrogens with zero attached hydrogens (tertiary/aromatic N) is 1. The molecule has 2 rings (SSSR count). The van der Waals surface area contributed by atoms with Gasteiger partial charge in [0.05, 0.1) is 23.3 Å². The van der Waals surface area contributed by atoms with Crippen LogP contribution in [0.1, 0.15) is 23.2 Å². The van der Waals surface area contributed by atoms with Gasteiger partial charge in [0.15, 0.2) is 0 Å². The molecule has 3 nitrogen and oxygen atoms in total. The van der Waals surface area contributed by atoms with Crippen molar-refractivity contribution in [3.63, 3.8) is 0 Å². The molecule has 0 atom stereocenters. The second kappa shape index (κ2) is 7.78. The molecule has 20 heavy (non-hydrogen) atoms. The highest BCUT2D eigenvalue weighted by molar-refractivity contribution is 9.10. The highest BCUT2D eigenvalue weighted by atomic mass is 79.9. The summed E-state index contributed by atoms with van der Waals surface area (Å²) < 4.78 is 6.56. The molecule has 0 spiro atoms. The number of hydrogen-bond acceptors (Lipinski definition) is 2. The van der Waals surface area contributed by atoms with Crippen LogP contribution in [0.2, 0.25) is 5.02 Å². The number of piperidine rings is 1. The van der Waals surface area contributed by atoms with Crippen LogP contribution >= 0.6 is 43.5 Å². The average molecular weight is 426 g/mol. The molecule has 0 bridgehead atoms. The monoisotopic (exact) mass is 423 g/mol. The van der Waals surface area contributed by atoms with E-state index in [-0.39, 0.29) is 12.0 Å². The number of carbonyl (C=O) groups excluding carboxylic acids is 1. The molecule has 1 aromatic rings. The van der Waals surface area contributed by atoms with Gasteiger partial charge in [0, 0.05) is 22.9 Å². The minimum atomic E-state index is 0.00133. The summed E-state index contributed by atoms with van der Waals surface area (Å²) in [5.74, 6) is 0.00133. The van der Waals surface area contributed by atoms with Crippen molar-refractivity contribution in [1.29, 1.82) is 0 Å². The molecule has 1 aromatic carbocycles. The number of benzene rings is 1. The first kappa shape index (κ1) is 16.3. The maximum atomic E-state index is 12.4. The molecule has 6 heteroatoms. The van der Waals surface area contributed by atoms with Crippen molar-refractivity contribution in [3.8, 4) is 0 Å². The molecule has 0 unspecified atom stereocenters. The van der Waals surface area contributed by atoms with Crippen LogP contribution in [0.25, 0.3) is 0 Å². The molecule has 1 saturated heterocycles. The minimum absolute atomic E-state index is 0.00133. The Kier molecular flexibility index (Phi) is 6.33. The van der Waals surface area contributed by atoms with Crippen LogP contribution in [0.3, 0.4) is 0 Å². The number of carbonyl (C=O) groups is 1. The topological polar surface area (TPSA) is 29.5 Å². The van der Waals surface area contributed by atoms with E-state index in [9.17, 15) is 4.79 Å². The van der Waals surface area contributed by atoms with Crippen LogP contribution in [0, 0.1) is 0 Å². The standard InChI is InChI=1S/C14H16Br2ClNO2/c15-5-8-20-11-3-6-18(7-4-11)14(19)12-2-1-10(16)9-13(12)17/h1-2,9,11H,3-8H2. The fourth-order valence-corrected chi connectivity index (χ4v) is 3.21. The quantitative estimate of drug-likeness (QED) is 0.680. The van der Waals surface area contributed by atoms with Crippen LogP contribution < -0.4 is 0 Å². The molecule has 0 radical (unpaired) electrons. The number of hydrogen-bond donors (Lipinski definition) is 0. The zero-order valence-electron chi connectivity index (χ0n) is 10.9. The number of ether oxygens (including phenoxy) is 1. The Hall–Kier alpha value is -0.100. The van der Waals surface area contributed by atoms with Crippen molar-refractivity contribution in [2.75, 3.05) is 25.0 Å². The smallest absolute Gasteiger partial charge is 0.255 e. The van der Waals surface area contributed by atoms with Crippen molar-refractivity contribution >= 4 is 49.4 Å². The van der Waals surface area contributed by atoms with Crippen LogP contribution in [-0.4, -0.2) is 41.9 Å². The lowest BCUT2D eigenvalue weighted by atomic mass is 10.1. The van der Waals surface area contributed by atoms with Crippen molar-refractivity contribution in [2.24, 2.45) is 0 Å². The van der Waals surface area contributed by atoms with Crippen LogP contribution in [0.4, 0.5) is 0 Å². The van der Waals surface area contributed by atoms with Gasteiger partial charge in [-0.05, 0) is 31.0 Å². The Bertz CT molecular complexity index is 476. The molecule has 1 amide bonds. The number of halogens is 3. The van der Waals surface area contributed by atoms with Gasteiger partial charge in [-0.1, -0.05) is 43.5 Å². The maximum absolute atomic E-state index is 12.4. The van der Waals surface area contributed by atoms with Crippen molar-refractivity contribution in [1.82, 2.24) is 4.90 Å². The summed E-state index contributed by atoms with van der Waals surface area (Å²) in [6.45, 7) is 2.16. The molecular formula is C14H16Br2ClNO2. The zero-order chi connectivity index (χ0) is 14.5. The van der Waals surface area contributed by atoms with E-state index in [1.54, 1.807) is 12.1 Å². The number of rotatable bonds is 4. The third kappa shape index (κ3) is 4.20. The molecule has 0 aliphatic carbocycles. The second-order valence-corrected chi connectivity index (χ2v) is 6.79. The lowest BCUT2D eigenvalue weighted by Crippen LogP contribution is -2.41. The molecule has 110 valence electrons. The molecule has 0 aromatic heterocycles. The zero-order valence-corrected chi connectivity index (χ0v) is 14.9. The third-order valence-electron chi connectivity index (χ3n) is 3.32. The van der Waals surface area contributed by atoms with E-state index >= 15 is 0 Å². The Labute approximate surface area is 140 Å². The number of likely N-dealkylation sites (tertiary alicyclic amines) is 1. The fourth-order valence-electron chi connectivity index (χ4n) is 2.27. The SMILES string of the molecule is O=C(c1ccc(Br)cc1Cl)N1CCC(OCCBr)CC1. The molecule has 0 N–H and O–H groups in total. The van der Waals surface area contributed by atoms with E-state index in [0.29, 0.717) is 10.6 Å². The fraction of sp³-hybridized carbons (Fsp3) is 0.500. The summed E-state index contributed by atoms with van der Waals surface area (Å²) in [5.41, 5.74) is 0.565. The largest absolute Gasteiger partial charge is 0.377 e. The Morgan fingerprint density at radius 3 is 2.70 bits per heavy atom. The third-order valence-corrected chi connectivity index (χ3v) is 4.45. The molecule has 1 fully saturated rings. The highest BCUT2D eigenvalue weighted by Crippen LogP contribution is 2.24. The van der Waals surface area contributed by atoms with Crippen molar-refractivity contribution < 1.29 is 9.53 Å². The highest BCUT2D eigenvalue weighted by Gasteiger charge is 2.25. The molecule has 0 saturated carbocycles. The van der Waals surface area contributed by atoms with Crippen LogP contribution in [0.5, 0.6) is 0 Å². The molecule has 1 aliphatic rings. The normalized spacial score (nSPS) is 16.4. The Balaban J connectivity index is 1.94. The summed E-state index contributed by atoms with van der Waals surface area (Å²) >= 11 is 12.8. The van der Waals surface area contributed by atoms with Gasteiger partial charge in [0.25, 0.3) is 5.91 Å². The van der Waals surface area contributed by atoms with Gasteiger partial charge in [-0.2, -0.15) is 0 Å². The summed E-state index contributed by atoms with van der Waals surface area (Å²) in [7, 11) is 0. The Morgan fingerprint density at radius 2 is 2.10 bits per heavy atom. The molecular weight excluding hydrogens is 409 g/mol. The summed E-state index contributed by atoms with van der Waals surface area (Å²) in [6, 6.07) is 5.35. The van der Waals surface area contributed by atoms with Gasteiger partial charge < -0.3 is 9.64 Å². The first-order chi connectivity index (χ1) is 9.61. The van der Waals surface area contributed by atoms with E-state index in [4.69, 9.17) is 16.3 Å². The lowest BCUT2D eigenvalue weighted by Gasteiger charge is -2.32. The van der Waals surface area contributed by atoms with E-state index in [0.717, 1.165) is 42.3 Å². The lowest BCUT2D eigenvalue weighted by molar-refractivity contribution is 0.0160. The van der Waals surface area contributed by atoms with Crippen LogP contribution in [0.15, 0.2) is 22.7 Å². The minimum Gasteiger partial charge on any atom is -0.377 e. The predicted octanol–water partition coefficient (Wildman–Crippen LogP) is 4.12. The van der Waals surface area contributed by atoms with E-state index in [1.165, 1.54) is 0 Å². The van der Waals surface area contributed by atoms with Gasteiger partial charge in [-0.15, -0.1) is 0 Å².